The summed E-state index contributed by atoms with van der Waals surface area (Å²) in [5.74, 6) is -1.84. The zero-order valence-corrected chi connectivity index (χ0v) is 11.5. The Morgan fingerprint density at radius 1 is 1.30 bits per heavy atom. The number of aromatic carboxylic acids is 1. The summed E-state index contributed by atoms with van der Waals surface area (Å²) in [6.45, 7) is 0.625. The fraction of sp³-hybridized carbons (Fsp3) is 0.417. The van der Waals surface area contributed by atoms with Crippen LogP contribution in [0, 0.1) is 0 Å². The second kappa shape index (κ2) is 5.39. The van der Waals surface area contributed by atoms with Crippen molar-refractivity contribution < 1.29 is 23.4 Å². The SMILES string of the molecule is NC1CCN(S(=O)(=O)c2ccc(O)c(C(=O)O)c2)CC1. The van der Waals surface area contributed by atoms with Gasteiger partial charge in [0.05, 0.1) is 4.90 Å². The van der Waals surface area contributed by atoms with Gasteiger partial charge in [0, 0.05) is 19.1 Å². The Morgan fingerprint density at radius 2 is 1.90 bits per heavy atom. The molecule has 1 aromatic rings. The predicted octanol–water partition coefficient (Wildman–Crippen LogP) is 0.202. The van der Waals surface area contributed by atoms with Gasteiger partial charge >= 0.3 is 5.97 Å². The van der Waals surface area contributed by atoms with Crippen molar-refractivity contribution in [2.75, 3.05) is 13.1 Å². The summed E-state index contributed by atoms with van der Waals surface area (Å²) in [7, 11) is -3.75. The van der Waals surface area contributed by atoms with Crippen LogP contribution >= 0.6 is 0 Å². The van der Waals surface area contributed by atoms with E-state index in [-0.39, 0.29) is 10.9 Å². The number of nitrogens with zero attached hydrogens (tertiary/aromatic N) is 1. The number of phenols is 1. The standard InChI is InChI=1S/C12H16N2O5S/c13-8-3-5-14(6-4-8)20(18,19)9-1-2-11(15)10(7-9)12(16)17/h1-2,7-8,15H,3-6,13H2,(H,16,17). The first-order valence-electron chi connectivity index (χ1n) is 6.14. The summed E-state index contributed by atoms with van der Waals surface area (Å²) in [4.78, 5) is 10.8. The van der Waals surface area contributed by atoms with Crippen LogP contribution in [0.25, 0.3) is 0 Å². The molecule has 1 aromatic carbocycles. The summed E-state index contributed by atoms with van der Waals surface area (Å²) >= 11 is 0. The first-order chi connectivity index (χ1) is 9.32. The van der Waals surface area contributed by atoms with E-state index in [1.807, 2.05) is 0 Å². The molecule has 1 fully saturated rings. The number of carboxylic acid groups (broad SMARTS) is 1. The van der Waals surface area contributed by atoms with E-state index >= 15 is 0 Å². The second-order valence-electron chi connectivity index (χ2n) is 4.73. The Kier molecular flexibility index (Phi) is 3.98. The van der Waals surface area contributed by atoms with Gasteiger partial charge in [0.25, 0.3) is 0 Å². The minimum atomic E-state index is -3.75. The van der Waals surface area contributed by atoms with Crippen molar-refractivity contribution in [2.45, 2.75) is 23.8 Å². The molecule has 0 spiro atoms. The van der Waals surface area contributed by atoms with Crippen molar-refractivity contribution in [3.8, 4) is 5.75 Å². The van der Waals surface area contributed by atoms with E-state index in [0.29, 0.717) is 25.9 Å². The minimum Gasteiger partial charge on any atom is -0.507 e. The lowest BCUT2D eigenvalue weighted by molar-refractivity contribution is 0.0693. The Labute approximate surface area is 116 Å². The Hall–Kier alpha value is -1.64. The first kappa shape index (κ1) is 14.8. The van der Waals surface area contributed by atoms with Crippen LogP contribution in [0.1, 0.15) is 23.2 Å². The summed E-state index contributed by atoms with van der Waals surface area (Å²) in [6.07, 6.45) is 1.15. The zero-order valence-electron chi connectivity index (χ0n) is 10.7. The first-order valence-corrected chi connectivity index (χ1v) is 7.58. The number of nitrogens with two attached hydrogens (primary N) is 1. The molecule has 20 heavy (non-hydrogen) atoms. The van der Waals surface area contributed by atoms with Crippen LogP contribution in [0.3, 0.4) is 0 Å². The molecule has 0 unspecified atom stereocenters. The van der Waals surface area contributed by atoms with Gasteiger partial charge in [-0.05, 0) is 31.0 Å². The van der Waals surface area contributed by atoms with E-state index in [1.54, 1.807) is 0 Å². The number of rotatable bonds is 3. The zero-order chi connectivity index (χ0) is 14.9. The molecule has 0 radical (unpaired) electrons. The van der Waals surface area contributed by atoms with E-state index in [1.165, 1.54) is 10.4 Å². The number of hydrogen-bond acceptors (Lipinski definition) is 5. The Bertz CT molecular complexity index is 621. The quantitative estimate of drug-likeness (QED) is 0.733. The van der Waals surface area contributed by atoms with Gasteiger partial charge in [0.15, 0.2) is 0 Å². The number of sulfonamides is 1. The third-order valence-corrected chi connectivity index (χ3v) is 5.23. The maximum atomic E-state index is 12.4. The number of piperidine rings is 1. The molecule has 0 amide bonds. The number of aromatic hydroxyl groups is 1. The average Bonchev–Trinajstić information content (AvgIpc) is 2.39. The van der Waals surface area contributed by atoms with Crippen LogP contribution < -0.4 is 5.73 Å². The lowest BCUT2D eigenvalue weighted by Gasteiger charge is -2.29. The minimum absolute atomic E-state index is 0.00384. The maximum Gasteiger partial charge on any atom is 0.339 e. The molecule has 1 aliphatic heterocycles. The van der Waals surface area contributed by atoms with E-state index in [2.05, 4.69) is 0 Å². The van der Waals surface area contributed by atoms with Crippen molar-refractivity contribution in [3.05, 3.63) is 23.8 Å². The van der Waals surface area contributed by atoms with Gasteiger partial charge < -0.3 is 15.9 Å². The van der Waals surface area contributed by atoms with Gasteiger partial charge in [0.1, 0.15) is 11.3 Å². The molecule has 0 aromatic heterocycles. The largest absolute Gasteiger partial charge is 0.507 e. The molecule has 110 valence electrons. The van der Waals surface area contributed by atoms with Crippen molar-refractivity contribution in [1.82, 2.24) is 4.31 Å². The molecule has 0 atom stereocenters. The number of benzene rings is 1. The molecule has 2 rings (SSSR count). The highest BCUT2D eigenvalue weighted by Crippen LogP contribution is 2.25. The van der Waals surface area contributed by atoms with Crippen molar-refractivity contribution in [2.24, 2.45) is 5.73 Å². The predicted molar refractivity (Wildman–Crippen MR) is 71.0 cm³/mol. The van der Waals surface area contributed by atoms with Crippen LogP contribution in [0.2, 0.25) is 0 Å². The Balaban J connectivity index is 2.35. The summed E-state index contributed by atoms with van der Waals surface area (Å²) in [5.41, 5.74) is 5.30. The fourth-order valence-electron chi connectivity index (χ4n) is 2.11. The van der Waals surface area contributed by atoms with Crippen molar-refractivity contribution >= 4 is 16.0 Å². The number of carboxylic acids is 1. The molecular weight excluding hydrogens is 284 g/mol. The molecule has 1 saturated heterocycles. The lowest BCUT2D eigenvalue weighted by Crippen LogP contribution is -2.42. The van der Waals surface area contributed by atoms with Crippen molar-refractivity contribution in [1.29, 1.82) is 0 Å². The Morgan fingerprint density at radius 3 is 2.45 bits per heavy atom. The van der Waals surface area contributed by atoms with Crippen LogP contribution in [-0.2, 0) is 10.0 Å². The van der Waals surface area contributed by atoms with Crippen LogP contribution in [0.5, 0.6) is 5.75 Å². The smallest absolute Gasteiger partial charge is 0.339 e. The van der Waals surface area contributed by atoms with Gasteiger partial charge in [-0.3, -0.25) is 0 Å². The summed E-state index contributed by atoms with van der Waals surface area (Å²) in [5, 5.41) is 18.3. The summed E-state index contributed by atoms with van der Waals surface area (Å²) in [6, 6.07) is 3.25. The molecule has 1 aliphatic rings. The normalized spacial score (nSPS) is 18.1. The van der Waals surface area contributed by atoms with E-state index in [9.17, 15) is 18.3 Å². The molecule has 1 heterocycles. The van der Waals surface area contributed by atoms with Crippen LogP contribution in [-0.4, -0.2) is 48.0 Å². The third-order valence-electron chi connectivity index (χ3n) is 3.33. The highest BCUT2D eigenvalue weighted by molar-refractivity contribution is 7.89. The van der Waals surface area contributed by atoms with Crippen LogP contribution in [0.15, 0.2) is 23.1 Å². The van der Waals surface area contributed by atoms with Gasteiger partial charge in [-0.2, -0.15) is 4.31 Å². The highest BCUT2D eigenvalue weighted by atomic mass is 32.2. The van der Waals surface area contributed by atoms with E-state index in [4.69, 9.17) is 10.8 Å². The molecule has 7 nitrogen and oxygen atoms in total. The summed E-state index contributed by atoms with van der Waals surface area (Å²) < 4.78 is 26.1. The van der Waals surface area contributed by atoms with Gasteiger partial charge in [-0.15, -0.1) is 0 Å². The highest BCUT2D eigenvalue weighted by Gasteiger charge is 2.29. The van der Waals surface area contributed by atoms with Gasteiger partial charge in [0.2, 0.25) is 10.0 Å². The lowest BCUT2D eigenvalue weighted by atomic mass is 10.1. The number of hydrogen-bond donors (Lipinski definition) is 3. The van der Waals surface area contributed by atoms with E-state index < -0.39 is 27.3 Å². The van der Waals surface area contributed by atoms with E-state index in [0.717, 1.165) is 12.1 Å². The average molecular weight is 300 g/mol. The monoisotopic (exact) mass is 300 g/mol. The fourth-order valence-corrected chi connectivity index (χ4v) is 3.61. The molecule has 0 saturated carbocycles. The maximum absolute atomic E-state index is 12.4. The molecule has 0 bridgehead atoms. The number of carbonyl (C=O) groups is 1. The second-order valence-corrected chi connectivity index (χ2v) is 6.66. The topological polar surface area (TPSA) is 121 Å². The van der Waals surface area contributed by atoms with Gasteiger partial charge in [-0.1, -0.05) is 0 Å². The van der Waals surface area contributed by atoms with Gasteiger partial charge in [-0.25, -0.2) is 13.2 Å². The molecule has 0 aliphatic carbocycles. The van der Waals surface area contributed by atoms with Crippen LogP contribution in [0.4, 0.5) is 0 Å². The molecule has 8 heteroatoms. The van der Waals surface area contributed by atoms with Crippen molar-refractivity contribution in [3.63, 3.8) is 0 Å². The molecule has 4 N–H and O–H groups in total. The molecular formula is C12H16N2O5S. The third kappa shape index (κ3) is 2.77.